The molecule has 1 heterocycles. The van der Waals surface area contributed by atoms with Crippen LogP contribution in [0.2, 0.25) is 5.02 Å². The highest BCUT2D eigenvalue weighted by Gasteiger charge is 2.29. The minimum atomic E-state index is 0.162. The first-order chi connectivity index (χ1) is 12.7. The largest absolute Gasteiger partial charge is 0.497 e. The quantitative estimate of drug-likeness (QED) is 0.594. The zero-order valence-electron chi connectivity index (χ0n) is 14.5. The van der Waals surface area contributed by atoms with Crippen LogP contribution in [0.1, 0.15) is 23.6 Å². The number of anilines is 1. The van der Waals surface area contributed by atoms with Crippen LogP contribution in [0.15, 0.2) is 84.0 Å². The summed E-state index contributed by atoms with van der Waals surface area (Å²) in [5.41, 5.74) is 4.46. The maximum Gasteiger partial charge on any atom is 0.119 e. The van der Waals surface area contributed by atoms with Gasteiger partial charge in [0.25, 0.3) is 0 Å². The molecule has 130 valence electrons. The molecule has 4 rings (SSSR count). The molecule has 0 aromatic heterocycles. The fraction of sp³-hybridized carbons (Fsp3) is 0.136. The molecule has 0 unspecified atom stereocenters. The minimum Gasteiger partial charge on any atom is -0.497 e. The molecular weight excluding hydrogens is 344 g/mol. The van der Waals surface area contributed by atoms with E-state index in [-0.39, 0.29) is 6.04 Å². The average Bonchev–Trinajstić information content (AvgIpc) is 3.15. The number of methoxy groups -OCH3 is 1. The van der Waals surface area contributed by atoms with Crippen LogP contribution in [0.5, 0.6) is 5.75 Å². The molecule has 0 N–H and O–H groups in total. The Bertz CT molecular complexity index is 905. The van der Waals surface area contributed by atoms with Crippen LogP contribution in [0.4, 0.5) is 5.69 Å². The molecule has 4 heteroatoms. The number of hydrazone groups is 1. The predicted octanol–water partition coefficient (Wildman–Crippen LogP) is 5.70. The first kappa shape index (κ1) is 16.7. The summed E-state index contributed by atoms with van der Waals surface area (Å²) in [6, 6.07) is 26.5. The molecule has 3 aromatic rings. The van der Waals surface area contributed by atoms with Crippen molar-refractivity contribution in [3.8, 4) is 5.75 Å². The standard InChI is InChI=1S/C22H19ClN2O/c1-26-20-13-11-19(12-14-20)25-22(17-5-3-2-4-6-17)15-21(24-25)16-7-9-18(23)10-8-16/h2-14,22H,15H2,1H3/t22-/m1/s1. The number of rotatable bonds is 4. The van der Waals surface area contributed by atoms with Crippen molar-refractivity contribution >= 4 is 23.0 Å². The second-order valence-corrected chi connectivity index (χ2v) is 6.66. The Kier molecular flexibility index (Phi) is 4.63. The Balaban J connectivity index is 1.72. The predicted molar refractivity (Wildman–Crippen MR) is 107 cm³/mol. The molecule has 1 aliphatic rings. The van der Waals surface area contributed by atoms with Gasteiger partial charge in [0, 0.05) is 11.4 Å². The Morgan fingerprint density at radius 2 is 1.62 bits per heavy atom. The smallest absolute Gasteiger partial charge is 0.119 e. The van der Waals surface area contributed by atoms with E-state index < -0.39 is 0 Å². The van der Waals surface area contributed by atoms with Crippen LogP contribution in [-0.4, -0.2) is 12.8 Å². The van der Waals surface area contributed by atoms with Gasteiger partial charge in [0.15, 0.2) is 0 Å². The molecule has 0 spiro atoms. The first-order valence-electron chi connectivity index (χ1n) is 8.56. The molecular formula is C22H19ClN2O. The van der Waals surface area contributed by atoms with Crippen LogP contribution in [0, 0.1) is 0 Å². The highest BCUT2D eigenvalue weighted by molar-refractivity contribution is 6.30. The lowest BCUT2D eigenvalue weighted by atomic mass is 9.98. The van der Waals surface area contributed by atoms with Crippen molar-refractivity contribution in [3.05, 3.63) is 95.0 Å². The normalized spacial score (nSPS) is 16.5. The Hall–Kier alpha value is -2.78. The van der Waals surface area contributed by atoms with Gasteiger partial charge in [-0.1, -0.05) is 54.1 Å². The van der Waals surface area contributed by atoms with Gasteiger partial charge in [-0.2, -0.15) is 5.10 Å². The summed E-state index contributed by atoms with van der Waals surface area (Å²) < 4.78 is 5.28. The summed E-state index contributed by atoms with van der Waals surface area (Å²) in [6.45, 7) is 0. The zero-order valence-corrected chi connectivity index (χ0v) is 15.2. The maximum absolute atomic E-state index is 6.03. The summed E-state index contributed by atoms with van der Waals surface area (Å²) in [6.07, 6.45) is 0.845. The Morgan fingerprint density at radius 3 is 2.27 bits per heavy atom. The molecule has 1 atom stereocenters. The fourth-order valence-electron chi connectivity index (χ4n) is 3.23. The number of nitrogens with zero attached hydrogens (tertiary/aromatic N) is 2. The fourth-order valence-corrected chi connectivity index (χ4v) is 3.36. The van der Waals surface area contributed by atoms with Crippen LogP contribution in [0.3, 0.4) is 0 Å². The van der Waals surface area contributed by atoms with Gasteiger partial charge in [0.2, 0.25) is 0 Å². The van der Waals surface area contributed by atoms with E-state index in [1.807, 2.05) is 54.6 Å². The van der Waals surface area contributed by atoms with E-state index in [2.05, 4.69) is 29.3 Å². The maximum atomic E-state index is 6.03. The van der Waals surface area contributed by atoms with Crippen molar-refractivity contribution < 1.29 is 4.74 Å². The van der Waals surface area contributed by atoms with E-state index in [4.69, 9.17) is 21.4 Å². The molecule has 0 fully saturated rings. The summed E-state index contributed by atoms with van der Waals surface area (Å²) in [7, 11) is 1.68. The number of benzene rings is 3. The topological polar surface area (TPSA) is 24.8 Å². The highest BCUT2D eigenvalue weighted by atomic mass is 35.5. The SMILES string of the molecule is COc1ccc(N2N=C(c3ccc(Cl)cc3)C[C@@H]2c2ccccc2)cc1. The molecule has 0 saturated carbocycles. The van der Waals surface area contributed by atoms with Crippen molar-refractivity contribution in [2.24, 2.45) is 5.10 Å². The molecule has 0 aliphatic carbocycles. The van der Waals surface area contributed by atoms with Crippen molar-refractivity contribution in [2.45, 2.75) is 12.5 Å². The Labute approximate surface area is 158 Å². The van der Waals surface area contributed by atoms with Crippen LogP contribution < -0.4 is 9.75 Å². The lowest BCUT2D eigenvalue weighted by Gasteiger charge is -2.24. The number of ether oxygens (including phenoxy) is 1. The number of hydrogen-bond acceptors (Lipinski definition) is 3. The van der Waals surface area contributed by atoms with Gasteiger partial charge < -0.3 is 4.74 Å². The molecule has 0 saturated heterocycles. The van der Waals surface area contributed by atoms with Crippen LogP contribution >= 0.6 is 11.6 Å². The molecule has 3 aromatic carbocycles. The second-order valence-electron chi connectivity index (χ2n) is 6.23. The molecule has 1 aliphatic heterocycles. The molecule has 0 amide bonds. The summed E-state index contributed by atoms with van der Waals surface area (Å²) >= 11 is 6.03. The molecule has 0 bridgehead atoms. The molecule has 3 nitrogen and oxygen atoms in total. The van der Waals surface area contributed by atoms with Crippen LogP contribution in [-0.2, 0) is 0 Å². The van der Waals surface area contributed by atoms with Gasteiger partial charge >= 0.3 is 0 Å². The third-order valence-corrected chi connectivity index (χ3v) is 4.86. The van der Waals surface area contributed by atoms with Crippen molar-refractivity contribution in [3.63, 3.8) is 0 Å². The van der Waals surface area contributed by atoms with E-state index in [1.54, 1.807) is 7.11 Å². The second kappa shape index (κ2) is 7.22. The monoisotopic (exact) mass is 362 g/mol. The van der Waals surface area contributed by atoms with Gasteiger partial charge in [-0.05, 0) is 47.5 Å². The average molecular weight is 363 g/mol. The molecule has 26 heavy (non-hydrogen) atoms. The molecule has 0 radical (unpaired) electrons. The van der Waals surface area contributed by atoms with E-state index in [9.17, 15) is 0 Å². The van der Waals surface area contributed by atoms with Crippen molar-refractivity contribution in [1.29, 1.82) is 0 Å². The van der Waals surface area contributed by atoms with Gasteiger partial charge in [-0.25, -0.2) is 0 Å². The zero-order chi connectivity index (χ0) is 17.9. The third-order valence-electron chi connectivity index (χ3n) is 4.61. The van der Waals surface area contributed by atoms with Gasteiger partial charge in [0.1, 0.15) is 5.75 Å². The first-order valence-corrected chi connectivity index (χ1v) is 8.94. The van der Waals surface area contributed by atoms with E-state index in [0.717, 1.165) is 34.2 Å². The van der Waals surface area contributed by atoms with E-state index in [0.29, 0.717) is 0 Å². The van der Waals surface area contributed by atoms with E-state index >= 15 is 0 Å². The summed E-state index contributed by atoms with van der Waals surface area (Å²) in [5, 5.41) is 7.77. The van der Waals surface area contributed by atoms with E-state index in [1.165, 1.54) is 5.56 Å². The number of halogens is 1. The lowest BCUT2D eigenvalue weighted by Crippen LogP contribution is -2.18. The van der Waals surface area contributed by atoms with Gasteiger partial charge in [-0.15, -0.1) is 0 Å². The third kappa shape index (κ3) is 3.31. The number of hydrogen-bond donors (Lipinski definition) is 0. The van der Waals surface area contributed by atoms with Gasteiger partial charge in [-0.3, -0.25) is 5.01 Å². The summed E-state index contributed by atoms with van der Waals surface area (Å²) in [4.78, 5) is 0. The van der Waals surface area contributed by atoms with Crippen LogP contribution in [0.25, 0.3) is 0 Å². The van der Waals surface area contributed by atoms with Crippen molar-refractivity contribution in [1.82, 2.24) is 0 Å². The van der Waals surface area contributed by atoms with Gasteiger partial charge in [0.05, 0.1) is 24.6 Å². The Morgan fingerprint density at radius 1 is 0.923 bits per heavy atom. The highest BCUT2D eigenvalue weighted by Crippen LogP contribution is 2.37. The minimum absolute atomic E-state index is 0.162. The van der Waals surface area contributed by atoms with Crippen molar-refractivity contribution in [2.75, 3.05) is 12.1 Å². The lowest BCUT2D eigenvalue weighted by molar-refractivity contribution is 0.415. The summed E-state index contributed by atoms with van der Waals surface area (Å²) in [5.74, 6) is 0.839.